The van der Waals surface area contributed by atoms with Crippen molar-refractivity contribution in [2.75, 3.05) is 13.7 Å². The van der Waals surface area contributed by atoms with Gasteiger partial charge in [-0.15, -0.1) is 0 Å². The highest BCUT2D eigenvalue weighted by Crippen LogP contribution is 2.30. The molecule has 0 aromatic heterocycles. The molecule has 1 heterocycles. The molecule has 1 aliphatic heterocycles. The van der Waals surface area contributed by atoms with Crippen LogP contribution in [0.1, 0.15) is 44.9 Å². The molecule has 0 spiro atoms. The summed E-state index contributed by atoms with van der Waals surface area (Å²) < 4.78 is 23.6. The summed E-state index contributed by atoms with van der Waals surface area (Å²) in [6.45, 7) is 8.51. The molecule has 0 aliphatic carbocycles. The van der Waals surface area contributed by atoms with Crippen LogP contribution in [0.5, 0.6) is 0 Å². The van der Waals surface area contributed by atoms with E-state index < -0.39 is 17.8 Å². The van der Waals surface area contributed by atoms with Crippen LogP contribution in [0.3, 0.4) is 0 Å². The molecule has 174 valence electrons. The summed E-state index contributed by atoms with van der Waals surface area (Å²) in [5.74, 6) is -1.46. The van der Waals surface area contributed by atoms with E-state index in [-0.39, 0.29) is 24.2 Å². The molecular formula is C26H35NO5. The van der Waals surface area contributed by atoms with E-state index in [1.807, 2.05) is 69.3 Å². The van der Waals surface area contributed by atoms with Gasteiger partial charge >= 0.3 is 5.97 Å². The van der Waals surface area contributed by atoms with Crippen LogP contribution in [0, 0.1) is 5.92 Å². The molecule has 6 nitrogen and oxygen atoms in total. The number of nitrogens with one attached hydrogen (secondary N) is 1. The normalized spacial score (nSPS) is 21.5. The lowest BCUT2D eigenvalue weighted by Crippen LogP contribution is -2.54. The van der Waals surface area contributed by atoms with E-state index in [9.17, 15) is 4.79 Å². The van der Waals surface area contributed by atoms with Gasteiger partial charge < -0.3 is 24.3 Å². The Kier molecular flexibility index (Phi) is 8.43. The summed E-state index contributed by atoms with van der Waals surface area (Å²) in [4.78, 5) is 12.6. The average molecular weight is 442 g/mol. The van der Waals surface area contributed by atoms with E-state index in [0.717, 1.165) is 11.1 Å². The Morgan fingerprint density at radius 1 is 1.09 bits per heavy atom. The first-order chi connectivity index (χ1) is 15.3. The van der Waals surface area contributed by atoms with Crippen LogP contribution in [-0.4, -0.2) is 43.7 Å². The fourth-order valence-electron chi connectivity index (χ4n) is 4.07. The Hall–Kier alpha value is -2.25. The first kappa shape index (κ1) is 24.4. The maximum Gasteiger partial charge on any atom is 0.310 e. The zero-order chi connectivity index (χ0) is 23.1. The molecule has 1 N–H and O–H groups in total. The third-order valence-electron chi connectivity index (χ3n) is 5.89. The van der Waals surface area contributed by atoms with Gasteiger partial charge in [-0.05, 0) is 31.9 Å². The lowest BCUT2D eigenvalue weighted by atomic mass is 9.91. The van der Waals surface area contributed by atoms with Crippen molar-refractivity contribution in [2.24, 2.45) is 5.92 Å². The second-order valence-corrected chi connectivity index (χ2v) is 8.77. The molecular weight excluding hydrogens is 406 g/mol. The highest BCUT2D eigenvalue weighted by Gasteiger charge is 2.44. The van der Waals surface area contributed by atoms with E-state index in [2.05, 4.69) is 24.4 Å². The van der Waals surface area contributed by atoms with E-state index in [1.54, 1.807) is 0 Å². The summed E-state index contributed by atoms with van der Waals surface area (Å²) in [7, 11) is 1.41. The smallest absolute Gasteiger partial charge is 0.310 e. The minimum atomic E-state index is -0.705. The molecule has 0 unspecified atom stereocenters. The number of hydrogen-bond acceptors (Lipinski definition) is 6. The van der Waals surface area contributed by atoms with Gasteiger partial charge in [0.05, 0.1) is 26.2 Å². The minimum absolute atomic E-state index is 0.00790. The monoisotopic (exact) mass is 441 g/mol. The van der Waals surface area contributed by atoms with Gasteiger partial charge in [-0.1, -0.05) is 67.6 Å². The lowest BCUT2D eigenvalue weighted by Gasteiger charge is -2.36. The van der Waals surface area contributed by atoms with Crippen LogP contribution in [0.4, 0.5) is 0 Å². The lowest BCUT2D eigenvalue weighted by molar-refractivity contribution is -0.167. The highest BCUT2D eigenvalue weighted by atomic mass is 16.7. The zero-order valence-corrected chi connectivity index (χ0v) is 19.6. The Balaban J connectivity index is 1.88. The first-order valence-corrected chi connectivity index (χ1v) is 11.2. The van der Waals surface area contributed by atoms with Crippen LogP contribution in [0.25, 0.3) is 0 Å². The predicted molar refractivity (Wildman–Crippen MR) is 123 cm³/mol. The van der Waals surface area contributed by atoms with Crippen molar-refractivity contribution in [2.45, 2.75) is 64.4 Å². The highest BCUT2D eigenvalue weighted by molar-refractivity contribution is 5.72. The Bertz CT molecular complexity index is 842. The number of hydrogen-bond donors (Lipinski definition) is 1. The second kappa shape index (κ2) is 11.1. The number of carbonyl (C=O) groups is 1. The first-order valence-electron chi connectivity index (χ1n) is 11.2. The molecule has 1 fully saturated rings. The largest absolute Gasteiger partial charge is 0.469 e. The third kappa shape index (κ3) is 6.39. The molecule has 0 bridgehead atoms. The maximum atomic E-state index is 12.6. The zero-order valence-electron chi connectivity index (χ0n) is 19.6. The molecule has 5 atom stereocenters. The summed E-state index contributed by atoms with van der Waals surface area (Å²) in [6.07, 6.45) is -0.765. The third-order valence-corrected chi connectivity index (χ3v) is 5.89. The second-order valence-electron chi connectivity index (χ2n) is 8.77. The number of esters is 1. The molecule has 1 aliphatic rings. The Morgan fingerprint density at radius 3 is 2.28 bits per heavy atom. The quantitative estimate of drug-likeness (QED) is 0.556. The molecule has 0 amide bonds. The average Bonchev–Trinajstić information content (AvgIpc) is 3.17. The van der Waals surface area contributed by atoms with Crippen LogP contribution in [0.15, 0.2) is 60.7 Å². The van der Waals surface area contributed by atoms with Crippen LogP contribution in [0.2, 0.25) is 0 Å². The van der Waals surface area contributed by atoms with Crippen LogP contribution < -0.4 is 5.32 Å². The van der Waals surface area contributed by atoms with Gasteiger partial charge in [0.15, 0.2) is 5.79 Å². The molecule has 1 saturated heterocycles. The molecule has 6 heteroatoms. The standard InChI is InChI=1S/C26H35NO5/c1-18(25(28)29-5)23(27-19(2)21-14-10-7-11-15-21)24(22-17-31-26(3,4)32-22)30-16-20-12-8-6-9-13-20/h6-15,18-19,22-24,27H,16-17H2,1-5H3/t18-,19-,22+,23-,24-/m1/s1. The van der Waals surface area contributed by atoms with Gasteiger partial charge in [-0.3, -0.25) is 4.79 Å². The van der Waals surface area contributed by atoms with Crippen molar-refractivity contribution >= 4 is 5.97 Å². The number of benzene rings is 2. The molecule has 2 aromatic carbocycles. The summed E-state index contributed by atoms with van der Waals surface area (Å²) in [5.41, 5.74) is 2.18. The van der Waals surface area contributed by atoms with E-state index in [1.165, 1.54) is 7.11 Å². The van der Waals surface area contributed by atoms with Gasteiger partial charge in [0.1, 0.15) is 12.2 Å². The number of methoxy groups -OCH3 is 1. The fraction of sp³-hybridized carbons (Fsp3) is 0.500. The topological polar surface area (TPSA) is 66.0 Å². The molecule has 2 aromatic rings. The SMILES string of the molecule is COC(=O)[C@H](C)[C@@H](N[C@H](C)c1ccccc1)[C@H](OCc1ccccc1)[C@@H]1COC(C)(C)O1. The van der Waals surface area contributed by atoms with Crippen LogP contribution >= 0.6 is 0 Å². The summed E-state index contributed by atoms with van der Waals surface area (Å²) in [5, 5.41) is 3.63. The van der Waals surface area contributed by atoms with E-state index in [0.29, 0.717) is 13.2 Å². The maximum absolute atomic E-state index is 12.6. The number of rotatable bonds is 10. The van der Waals surface area contributed by atoms with Gasteiger partial charge in [0.2, 0.25) is 0 Å². The van der Waals surface area contributed by atoms with Crippen LogP contribution in [-0.2, 0) is 30.3 Å². The summed E-state index contributed by atoms with van der Waals surface area (Å²) >= 11 is 0. The predicted octanol–water partition coefficient (Wildman–Crippen LogP) is 4.25. The van der Waals surface area contributed by atoms with Gasteiger partial charge in [0, 0.05) is 12.1 Å². The Labute approximate surface area is 191 Å². The minimum Gasteiger partial charge on any atom is -0.469 e. The van der Waals surface area contributed by atoms with Gasteiger partial charge in [-0.2, -0.15) is 0 Å². The Morgan fingerprint density at radius 2 is 1.72 bits per heavy atom. The van der Waals surface area contributed by atoms with Gasteiger partial charge in [-0.25, -0.2) is 0 Å². The van der Waals surface area contributed by atoms with E-state index in [4.69, 9.17) is 18.9 Å². The van der Waals surface area contributed by atoms with Crippen molar-refractivity contribution in [1.29, 1.82) is 0 Å². The molecule has 0 saturated carbocycles. The number of ether oxygens (including phenoxy) is 4. The van der Waals surface area contributed by atoms with Crippen molar-refractivity contribution in [1.82, 2.24) is 5.32 Å². The number of carbonyl (C=O) groups excluding carboxylic acids is 1. The molecule has 32 heavy (non-hydrogen) atoms. The van der Waals surface area contributed by atoms with Crippen molar-refractivity contribution in [3.05, 3.63) is 71.8 Å². The van der Waals surface area contributed by atoms with Crippen molar-refractivity contribution in [3.63, 3.8) is 0 Å². The summed E-state index contributed by atoms with van der Waals surface area (Å²) in [6, 6.07) is 19.7. The molecule has 0 radical (unpaired) electrons. The fourth-order valence-corrected chi connectivity index (χ4v) is 4.07. The van der Waals surface area contributed by atoms with Gasteiger partial charge in [0.25, 0.3) is 0 Å². The molecule has 3 rings (SSSR count). The van der Waals surface area contributed by atoms with E-state index >= 15 is 0 Å². The van der Waals surface area contributed by atoms with Crippen molar-refractivity contribution < 1.29 is 23.7 Å². The van der Waals surface area contributed by atoms with Crippen molar-refractivity contribution in [3.8, 4) is 0 Å².